The molecule has 0 bridgehead atoms. The van der Waals surface area contributed by atoms with E-state index in [1.807, 2.05) is 0 Å². The number of ether oxygens (including phenoxy) is 1. The van der Waals surface area contributed by atoms with E-state index in [9.17, 15) is 23.5 Å². The molecular weight excluding hydrogens is 496 g/mol. The van der Waals surface area contributed by atoms with E-state index in [4.69, 9.17) is 11.6 Å². The Balaban J connectivity index is 1.72. The highest BCUT2D eigenvalue weighted by atomic mass is 35.5. The minimum absolute atomic E-state index is 0.0215. The average molecular weight is 520 g/mol. The Labute approximate surface area is 210 Å². The minimum atomic E-state index is -3.02. The molecule has 3 aromatic rings. The highest BCUT2D eigenvalue weighted by Gasteiger charge is 2.26. The number of hydrogen-bond acceptors (Lipinski definition) is 6. The van der Waals surface area contributed by atoms with Gasteiger partial charge in [0.05, 0.1) is 29.0 Å². The maximum Gasteiger partial charge on any atom is 0.411 e. The van der Waals surface area contributed by atoms with Crippen LogP contribution in [0.25, 0.3) is 5.69 Å². The number of halogens is 3. The molecule has 0 saturated heterocycles. The minimum Gasteiger partial charge on any atom is -0.465 e. The first kappa shape index (κ1) is 25.4. The second-order valence-electron chi connectivity index (χ2n) is 8.49. The van der Waals surface area contributed by atoms with Crippen LogP contribution in [-0.2, 0) is 0 Å². The van der Waals surface area contributed by atoms with Crippen molar-refractivity contribution in [2.45, 2.75) is 39.7 Å². The number of amides is 1. The van der Waals surface area contributed by atoms with Crippen molar-refractivity contribution < 1.29 is 23.4 Å². The highest BCUT2D eigenvalue weighted by molar-refractivity contribution is 6.29. The molecule has 2 N–H and O–H groups in total. The van der Waals surface area contributed by atoms with Crippen molar-refractivity contribution in [1.29, 1.82) is 0 Å². The second kappa shape index (κ2) is 10.5. The van der Waals surface area contributed by atoms with Crippen molar-refractivity contribution in [2.75, 3.05) is 16.8 Å². The van der Waals surface area contributed by atoms with Gasteiger partial charge in [0.2, 0.25) is 5.88 Å². The van der Waals surface area contributed by atoms with E-state index in [2.05, 4.69) is 20.0 Å². The summed E-state index contributed by atoms with van der Waals surface area (Å²) in [7, 11) is 0. The lowest BCUT2D eigenvalue weighted by molar-refractivity contribution is -0.0533. The summed E-state index contributed by atoms with van der Waals surface area (Å²) in [6, 6.07) is 8.14. The lowest BCUT2D eigenvalue weighted by Gasteiger charge is -2.23. The number of benzene rings is 1. The highest BCUT2D eigenvalue weighted by Crippen LogP contribution is 2.34. The zero-order valence-electron chi connectivity index (χ0n) is 19.5. The molecule has 190 valence electrons. The van der Waals surface area contributed by atoms with Crippen molar-refractivity contribution >= 4 is 34.9 Å². The maximum absolute atomic E-state index is 13.4. The number of aromatic nitrogens is 3. The van der Waals surface area contributed by atoms with Crippen molar-refractivity contribution in [3.05, 3.63) is 63.3 Å². The van der Waals surface area contributed by atoms with E-state index in [1.54, 1.807) is 31.2 Å². The normalized spacial score (nSPS) is 13.1. The zero-order valence-corrected chi connectivity index (χ0v) is 20.3. The summed E-state index contributed by atoms with van der Waals surface area (Å²) >= 11 is 6.24. The first-order valence-electron chi connectivity index (χ1n) is 11.2. The van der Waals surface area contributed by atoms with Crippen LogP contribution in [0, 0.1) is 19.8 Å². The third-order valence-electron chi connectivity index (χ3n) is 5.81. The Morgan fingerprint density at radius 3 is 2.69 bits per heavy atom. The smallest absolute Gasteiger partial charge is 0.411 e. The van der Waals surface area contributed by atoms with Gasteiger partial charge in [0.1, 0.15) is 5.15 Å². The van der Waals surface area contributed by atoms with Gasteiger partial charge in [-0.3, -0.25) is 14.3 Å². The summed E-state index contributed by atoms with van der Waals surface area (Å²) in [4.78, 5) is 34.8. The van der Waals surface area contributed by atoms with Gasteiger partial charge in [0.15, 0.2) is 5.82 Å². The van der Waals surface area contributed by atoms with Gasteiger partial charge in [-0.1, -0.05) is 36.6 Å². The molecule has 9 nitrogen and oxygen atoms in total. The van der Waals surface area contributed by atoms with E-state index in [0.29, 0.717) is 40.8 Å². The third kappa shape index (κ3) is 5.73. The Morgan fingerprint density at radius 1 is 1.31 bits per heavy atom. The van der Waals surface area contributed by atoms with Crippen LogP contribution in [0.3, 0.4) is 0 Å². The van der Waals surface area contributed by atoms with Crippen LogP contribution < -0.4 is 20.5 Å². The number of hydrogen-bond donors (Lipinski definition) is 2. The van der Waals surface area contributed by atoms with Crippen LogP contribution in [0.5, 0.6) is 5.88 Å². The van der Waals surface area contributed by atoms with Crippen molar-refractivity contribution in [3.63, 3.8) is 0 Å². The first-order chi connectivity index (χ1) is 17.1. The Bertz CT molecular complexity index is 1350. The van der Waals surface area contributed by atoms with E-state index < -0.39 is 18.3 Å². The van der Waals surface area contributed by atoms with Gasteiger partial charge in [0.25, 0.3) is 5.56 Å². The number of alkyl halides is 2. The number of rotatable bonds is 9. The SMILES string of the molecule is Cc1cc(Nc2nc(Cl)cn(-c3ccccc3N(CCC3CC3)C(=O)O)c2=O)c(C)nc1OC(F)F. The molecule has 2 aromatic heterocycles. The molecule has 1 saturated carbocycles. The number of nitrogens with one attached hydrogen (secondary N) is 1. The molecule has 0 unspecified atom stereocenters. The van der Waals surface area contributed by atoms with E-state index in [0.717, 1.165) is 19.3 Å². The number of carboxylic acid groups (broad SMARTS) is 1. The van der Waals surface area contributed by atoms with Crippen LogP contribution in [0.15, 0.2) is 41.3 Å². The fourth-order valence-electron chi connectivity index (χ4n) is 3.80. The Kier molecular flexibility index (Phi) is 7.39. The van der Waals surface area contributed by atoms with Crippen LogP contribution in [0.4, 0.5) is 30.8 Å². The summed E-state index contributed by atoms with van der Waals surface area (Å²) in [5, 5.41) is 12.7. The molecule has 1 aliphatic carbocycles. The van der Waals surface area contributed by atoms with Gasteiger partial charge < -0.3 is 15.2 Å². The standard InChI is InChI=1S/C24H24ClF2N5O4/c1-13-11-16(14(2)28-21(13)36-23(26)27)29-20-22(33)32(12-19(25)30-20)18-6-4-3-5-17(18)31(24(34)35)10-9-15-7-8-15/h3-6,11-12,15,23H,7-10H2,1-2H3,(H,29,30)(H,34,35). The number of para-hydroxylation sites is 2. The average Bonchev–Trinajstić information content (AvgIpc) is 3.64. The van der Waals surface area contributed by atoms with Gasteiger partial charge in [-0.25, -0.2) is 14.8 Å². The Hall–Kier alpha value is -3.73. The predicted molar refractivity (Wildman–Crippen MR) is 131 cm³/mol. The van der Waals surface area contributed by atoms with Crippen molar-refractivity contribution in [1.82, 2.24) is 14.5 Å². The van der Waals surface area contributed by atoms with Crippen LogP contribution in [0.2, 0.25) is 5.15 Å². The Morgan fingerprint density at radius 2 is 2.03 bits per heavy atom. The molecule has 0 spiro atoms. The summed E-state index contributed by atoms with van der Waals surface area (Å²) in [6.45, 7) is 0.374. The predicted octanol–water partition coefficient (Wildman–Crippen LogP) is 5.53. The second-order valence-corrected chi connectivity index (χ2v) is 8.88. The summed E-state index contributed by atoms with van der Waals surface area (Å²) < 4.78 is 30.9. The van der Waals surface area contributed by atoms with Crippen molar-refractivity contribution in [3.8, 4) is 11.6 Å². The molecule has 1 fully saturated rings. The van der Waals surface area contributed by atoms with Gasteiger partial charge >= 0.3 is 12.7 Å². The third-order valence-corrected chi connectivity index (χ3v) is 5.99. The van der Waals surface area contributed by atoms with Crippen LogP contribution in [-0.4, -0.2) is 38.9 Å². The number of nitrogens with zero attached hydrogens (tertiary/aromatic N) is 4. The van der Waals surface area contributed by atoms with Crippen LogP contribution >= 0.6 is 11.6 Å². The fourth-order valence-corrected chi connectivity index (χ4v) is 3.98. The molecule has 1 aromatic carbocycles. The quantitative estimate of drug-likeness (QED) is 0.382. The van der Waals surface area contributed by atoms with E-state index >= 15 is 0 Å². The molecule has 36 heavy (non-hydrogen) atoms. The molecule has 2 heterocycles. The number of anilines is 3. The van der Waals surface area contributed by atoms with E-state index in [-0.39, 0.29) is 16.9 Å². The number of carbonyl (C=O) groups is 1. The van der Waals surface area contributed by atoms with Gasteiger partial charge in [-0.05, 0) is 44.4 Å². The molecule has 0 aliphatic heterocycles. The molecule has 4 rings (SSSR count). The lowest BCUT2D eigenvalue weighted by atomic mass is 10.2. The van der Waals surface area contributed by atoms with Gasteiger partial charge in [-0.15, -0.1) is 0 Å². The fraction of sp³-hybridized carbons (Fsp3) is 0.333. The number of aryl methyl sites for hydroxylation is 2. The molecular formula is C24H24ClF2N5O4. The molecule has 12 heteroatoms. The van der Waals surface area contributed by atoms with Crippen LogP contribution in [0.1, 0.15) is 30.5 Å². The lowest BCUT2D eigenvalue weighted by Crippen LogP contribution is -2.32. The van der Waals surface area contributed by atoms with Gasteiger partial charge in [0, 0.05) is 12.1 Å². The van der Waals surface area contributed by atoms with Gasteiger partial charge in [-0.2, -0.15) is 8.78 Å². The van der Waals surface area contributed by atoms with E-state index in [1.165, 1.54) is 28.7 Å². The summed E-state index contributed by atoms with van der Waals surface area (Å²) in [5.74, 6) is 0.146. The first-order valence-corrected chi connectivity index (χ1v) is 11.6. The maximum atomic E-state index is 13.4. The summed E-state index contributed by atoms with van der Waals surface area (Å²) in [6.07, 6.45) is 3.10. The number of pyridine rings is 1. The molecule has 0 radical (unpaired) electrons. The molecule has 1 amide bonds. The molecule has 1 aliphatic rings. The van der Waals surface area contributed by atoms with Crippen molar-refractivity contribution in [2.24, 2.45) is 5.92 Å². The largest absolute Gasteiger partial charge is 0.465 e. The summed E-state index contributed by atoms with van der Waals surface area (Å²) in [5.41, 5.74) is 1.02. The zero-order chi connectivity index (χ0) is 26.0. The monoisotopic (exact) mass is 519 g/mol. The topological polar surface area (TPSA) is 110 Å². The molecule has 0 atom stereocenters.